The minimum atomic E-state index is -0.437. The molecule has 1 aliphatic rings. The second-order valence-corrected chi connectivity index (χ2v) is 7.52. The lowest BCUT2D eigenvalue weighted by Crippen LogP contribution is -2.27. The molecule has 0 unspecified atom stereocenters. The third-order valence-electron chi connectivity index (χ3n) is 3.20. The van der Waals surface area contributed by atoms with Crippen molar-refractivity contribution in [1.82, 2.24) is 0 Å². The van der Waals surface area contributed by atoms with Crippen LogP contribution in [0.5, 0.6) is 5.75 Å². The fraction of sp³-hybridized carbons (Fsp3) is 0. The number of nitrogens with zero attached hydrogens (tertiary/aromatic N) is 1. The molecular weight excluding hydrogens is 437 g/mol. The second kappa shape index (κ2) is 6.80. The molecule has 1 N–H and O–H groups in total. The molecule has 24 heavy (non-hydrogen) atoms. The zero-order chi connectivity index (χ0) is 17.4. The van der Waals surface area contributed by atoms with Crippen molar-refractivity contribution in [2.45, 2.75) is 0 Å². The summed E-state index contributed by atoms with van der Waals surface area (Å²) in [4.78, 5) is 26.1. The Hall–Kier alpha value is -1.47. The van der Waals surface area contributed by atoms with Crippen LogP contribution in [0.4, 0.5) is 10.5 Å². The van der Waals surface area contributed by atoms with Crippen molar-refractivity contribution in [2.24, 2.45) is 0 Å². The first kappa shape index (κ1) is 17.4. The Kier molecular flexibility index (Phi) is 4.92. The van der Waals surface area contributed by atoms with Crippen molar-refractivity contribution in [2.75, 3.05) is 4.90 Å². The van der Waals surface area contributed by atoms with E-state index in [1.807, 2.05) is 0 Å². The summed E-state index contributed by atoms with van der Waals surface area (Å²) in [6.45, 7) is 0. The number of hydrogen-bond acceptors (Lipinski definition) is 4. The van der Waals surface area contributed by atoms with Crippen LogP contribution in [0.3, 0.4) is 0 Å². The van der Waals surface area contributed by atoms with Crippen molar-refractivity contribution in [3.05, 3.63) is 61.4 Å². The molecule has 1 fully saturated rings. The first-order chi connectivity index (χ1) is 11.4. The summed E-state index contributed by atoms with van der Waals surface area (Å²) in [5.74, 6) is -0.520. The van der Waals surface area contributed by atoms with E-state index in [1.165, 1.54) is 6.07 Å². The number of carbonyl (C=O) groups excluding carboxylic acids is 2. The Bertz CT molecular complexity index is 878. The molecule has 0 spiro atoms. The monoisotopic (exact) mass is 443 g/mol. The number of thioether (sulfide) groups is 1. The Morgan fingerprint density at radius 2 is 1.92 bits per heavy atom. The number of phenolic OH excluding ortho intramolecular Hbond substituents is 1. The topological polar surface area (TPSA) is 57.6 Å². The van der Waals surface area contributed by atoms with Gasteiger partial charge in [0.15, 0.2) is 0 Å². The van der Waals surface area contributed by atoms with Crippen molar-refractivity contribution in [1.29, 1.82) is 0 Å². The molecule has 0 radical (unpaired) electrons. The highest BCUT2D eigenvalue weighted by molar-refractivity contribution is 9.10. The molecule has 2 amide bonds. The lowest BCUT2D eigenvalue weighted by molar-refractivity contribution is -0.113. The predicted octanol–water partition coefficient (Wildman–Crippen LogP) is 5.70. The van der Waals surface area contributed by atoms with Crippen LogP contribution in [-0.4, -0.2) is 16.3 Å². The highest BCUT2D eigenvalue weighted by atomic mass is 79.9. The third kappa shape index (κ3) is 3.32. The van der Waals surface area contributed by atoms with E-state index in [0.29, 0.717) is 20.7 Å². The van der Waals surface area contributed by atoms with Crippen molar-refractivity contribution in [3.63, 3.8) is 0 Å². The van der Waals surface area contributed by atoms with Gasteiger partial charge in [-0.15, -0.1) is 0 Å². The lowest BCUT2D eigenvalue weighted by Gasteiger charge is -2.12. The maximum absolute atomic E-state index is 12.5. The van der Waals surface area contributed by atoms with Gasteiger partial charge < -0.3 is 5.11 Å². The molecule has 4 nitrogen and oxygen atoms in total. The summed E-state index contributed by atoms with van der Waals surface area (Å²) in [6.07, 6.45) is 1.55. The Labute approximate surface area is 160 Å². The van der Waals surface area contributed by atoms with Gasteiger partial charge in [0.25, 0.3) is 11.1 Å². The van der Waals surface area contributed by atoms with Crippen molar-refractivity contribution in [3.8, 4) is 5.75 Å². The number of amides is 2. The Morgan fingerprint density at radius 1 is 1.17 bits per heavy atom. The molecule has 1 aliphatic heterocycles. The van der Waals surface area contributed by atoms with Gasteiger partial charge >= 0.3 is 0 Å². The molecule has 1 heterocycles. The van der Waals surface area contributed by atoms with E-state index in [0.717, 1.165) is 16.7 Å². The van der Waals surface area contributed by atoms with Crippen LogP contribution in [0, 0.1) is 0 Å². The molecule has 0 atom stereocenters. The van der Waals surface area contributed by atoms with E-state index in [2.05, 4.69) is 15.9 Å². The first-order valence-electron chi connectivity index (χ1n) is 6.58. The SMILES string of the molecule is O=C1S/C(=C/c2cc(Cl)c(O)c(Br)c2)C(=O)N1c1cccc(Cl)c1. The van der Waals surface area contributed by atoms with Crippen LogP contribution in [-0.2, 0) is 4.79 Å². The molecule has 8 heteroatoms. The van der Waals surface area contributed by atoms with Gasteiger partial charge in [-0.1, -0.05) is 29.3 Å². The fourth-order valence-corrected chi connectivity index (χ4v) is 3.97. The molecule has 3 rings (SSSR count). The number of phenols is 1. The highest BCUT2D eigenvalue weighted by Crippen LogP contribution is 2.38. The summed E-state index contributed by atoms with van der Waals surface area (Å²) >= 11 is 15.8. The molecule has 122 valence electrons. The van der Waals surface area contributed by atoms with Gasteiger partial charge in [0.05, 0.1) is 20.1 Å². The average Bonchev–Trinajstić information content (AvgIpc) is 2.79. The van der Waals surface area contributed by atoms with Crippen molar-refractivity contribution >= 4 is 73.8 Å². The minimum absolute atomic E-state index is 0.0825. The Balaban J connectivity index is 1.97. The van der Waals surface area contributed by atoms with Crippen LogP contribution in [0.25, 0.3) is 6.08 Å². The third-order valence-corrected chi connectivity index (χ3v) is 5.19. The van der Waals surface area contributed by atoms with Crippen LogP contribution in [0.15, 0.2) is 45.8 Å². The molecule has 0 aromatic heterocycles. The largest absolute Gasteiger partial charge is 0.505 e. The molecule has 2 aromatic carbocycles. The van der Waals surface area contributed by atoms with Crippen molar-refractivity contribution < 1.29 is 14.7 Å². The molecule has 0 bridgehead atoms. The maximum atomic E-state index is 12.5. The number of halogens is 3. The van der Waals surface area contributed by atoms with Gasteiger partial charge in [-0.25, -0.2) is 4.90 Å². The summed E-state index contributed by atoms with van der Waals surface area (Å²) in [7, 11) is 0. The van der Waals surface area contributed by atoms with E-state index >= 15 is 0 Å². The second-order valence-electron chi connectivity index (χ2n) is 4.83. The lowest BCUT2D eigenvalue weighted by atomic mass is 10.2. The van der Waals surface area contributed by atoms with Crippen LogP contribution < -0.4 is 4.90 Å². The molecule has 1 saturated heterocycles. The van der Waals surface area contributed by atoms with E-state index in [9.17, 15) is 14.7 Å². The Morgan fingerprint density at radius 3 is 2.58 bits per heavy atom. The van der Waals surface area contributed by atoms with Crippen LogP contribution in [0.1, 0.15) is 5.56 Å². The molecule has 0 saturated carbocycles. The van der Waals surface area contributed by atoms with Crippen LogP contribution >= 0.6 is 50.9 Å². The molecule has 2 aromatic rings. The number of rotatable bonds is 2. The molecule has 0 aliphatic carbocycles. The van der Waals surface area contributed by atoms with E-state index in [1.54, 1.807) is 36.4 Å². The normalized spacial score (nSPS) is 16.3. The predicted molar refractivity (Wildman–Crippen MR) is 101 cm³/mol. The number of aromatic hydroxyl groups is 1. The number of carbonyl (C=O) groups is 2. The maximum Gasteiger partial charge on any atom is 0.298 e. The highest BCUT2D eigenvalue weighted by Gasteiger charge is 2.36. The summed E-state index contributed by atoms with van der Waals surface area (Å²) < 4.78 is 0.398. The van der Waals surface area contributed by atoms with Gasteiger partial charge in [0, 0.05) is 5.02 Å². The van der Waals surface area contributed by atoms with E-state index < -0.39 is 11.1 Å². The standard InChI is InChI=1S/C16H8BrCl2NO3S/c17-11-4-8(5-12(19)14(11)21)6-13-15(22)20(16(23)24-13)10-3-1-2-9(18)7-10/h1-7,21H/b13-6+. The summed E-state index contributed by atoms with van der Waals surface area (Å²) in [6, 6.07) is 9.63. The quantitative estimate of drug-likeness (QED) is 0.603. The number of benzene rings is 2. The van der Waals surface area contributed by atoms with Gasteiger partial charge in [-0.05, 0) is 69.7 Å². The smallest absolute Gasteiger partial charge is 0.298 e. The van der Waals surface area contributed by atoms with Crippen LogP contribution in [0.2, 0.25) is 10.0 Å². The van der Waals surface area contributed by atoms with Gasteiger partial charge in [0.1, 0.15) is 5.75 Å². The number of hydrogen-bond donors (Lipinski definition) is 1. The summed E-state index contributed by atoms with van der Waals surface area (Å²) in [5, 5.41) is 9.83. The zero-order valence-electron chi connectivity index (χ0n) is 11.8. The van der Waals surface area contributed by atoms with Gasteiger partial charge in [0.2, 0.25) is 0 Å². The fourth-order valence-electron chi connectivity index (χ4n) is 2.13. The van der Waals surface area contributed by atoms with Gasteiger partial charge in [-0.3, -0.25) is 9.59 Å². The summed E-state index contributed by atoms with van der Waals surface area (Å²) in [5.41, 5.74) is 1.000. The number of anilines is 1. The average molecular weight is 445 g/mol. The van der Waals surface area contributed by atoms with E-state index in [4.69, 9.17) is 23.2 Å². The van der Waals surface area contributed by atoms with Gasteiger partial charge in [-0.2, -0.15) is 0 Å². The minimum Gasteiger partial charge on any atom is -0.505 e. The number of imide groups is 1. The van der Waals surface area contributed by atoms with E-state index in [-0.39, 0.29) is 15.7 Å². The molecular formula is C16H8BrCl2NO3S. The first-order valence-corrected chi connectivity index (χ1v) is 8.95. The zero-order valence-corrected chi connectivity index (χ0v) is 15.7.